The summed E-state index contributed by atoms with van der Waals surface area (Å²) in [5.41, 5.74) is 1.03. The Balaban J connectivity index is 2.49. The fourth-order valence-corrected chi connectivity index (χ4v) is 1.27. The molecule has 0 heterocycles. The maximum Gasteiger partial charge on any atom is 0.133 e. The number of ether oxygens (including phenoxy) is 1. The summed E-state index contributed by atoms with van der Waals surface area (Å²) < 4.78 is 5.52. The van der Waals surface area contributed by atoms with E-state index >= 15 is 0 Å². The topological polar surface area (TPSA) is 9.23 Å². The first-order valence-corrected chi connectivity index (χ1v) is 5.41. The third-order valence-electron chi connectivity index (χ3n) is 2.15. The van der Waals surface area contributed by atoms with Gasteiger partial charge in [0.15, 0.2) is 0 Å². The molecule has 1 rings (SSSR count). The number of allylic oxidation sites excluding steroid dienone is 1. The van der Waals surface area contributed by atoms with Gasteiger partial charge in [-0.25, -0.2) is 0 Å². The zero-order valence-electron chi connectivity index (χ0n) is 9.28. The molecule has 0 bridgehead atoms. The lowest BCUT2D eigenvalue weighted by Gasteiger charge is -2.03. The minimum absolute atomic E-state index is 0.861. The Morgan fingerprint density at radius 3 is 2.87 bits per heavy atom. The van der Waals surface area contributed by atoms with Crippen LogP contribution in [0.2, 0.25) is 0 Å². The van der Waals surface area contributed by atoms with Crippen LogP contribution in [0.3, 0.4) is 0 Å². The molecule has 1 heteroatoms. The number of hydrogen-bond acceptors (Lipinski definition) is 1. The first kappa shape index (κ1) is 11.6. The molecule has 1 aromatic carbocycles. The number of rotatable bonds is 6. The van der Waals surface area contributed by atoms with Crippen molar-refractivity contribution >= 4 is 6.08 Å². The molecule has 0 radical (unpaired) electrons. The first-order chi connectivity index (χ1) is 7.38. The van der Waals surface area contributed by atoms with Crippen LogP contribution in [0.4, 0.5) is 0 Å². The van der Waals surface area contributed by atoms with Gasteiger partial charge in [-0.15, -0.1) is 0 Å². The summed E-state index contributed by atoms with van der Waals surface area (Å²) in [4.78, 5) is 0. The van der Waals surface area contributed by atoms with Crippen molar-refractivity contribution in [1.29, 1.82) is 0 Å². The van der Waals surface area contributed by atoms with Crippen LogP contribution >= 0.6 is 0 Å². The van der Waals surface area contributed by atoms with E-state index in [1.54, 1.807) is 12.3 Å². The lowest BCUT2D eigenvalue weighted by molar-refractivity contribution is 0.477. The van der Waals surface area contributed by atoms with Gasteiger partial charge in [0.05, 0.1) is 6.26 Å². The van der Waals surface area contributed by atoms with Gasteiger partial charge in [0, 0.05) is 5.56 Å². The number of para-hydroxylation sites is 1. The SMILES string of the molecule is C=Cc1ccccc1OC=CCCCC. The summed E-state index contributed by atoms with van der Waals surface area (Å²) >= 11 is 0. The molecular formula is C14H18O. The maximum atomic E-state index is 5.52. The molecule has 0 spiro atoms. The molecule has 80 valence electrons. The molecule has 0 amide bonds. The van der Waals surface area contributed by atoms with Gasteiger partial charge in [-0.2, -0.15) is 0 Å². The third kappa shape index (κ3) is 4.03. The summed E-state index contributed by atoms with van der Waals surface area (Å²) in [6.45, 7) is 5.93. The van der Waals surface area contributed by atoms with Crippen LogP contribution in [0.25, 0.3) is 6.08 Å². The van der Waals surface area contributed by atoms with E-state index in [0.29, 0.717) is 0 Å². The fraction of sp³-hybridized carbons (Fsp3) is 0.286. The van der Waals surface area contributed by atoms with Crippen LogP contribution < -0.4 is 4.74 Å². The predicted molar refractivity (Wildman–Crippen MR) is 65.8 cm³/mol. The quantitative estimate of drug-likeness (QED) is 0.490. The van der Waals surface area contributed by atoms with Crippen molar-refractivity contribution < 1.29 is 4.74 Å². The van der Waals surface area contributed by atoms with Crippen LogP contribution in [0, 0.1) is 0 Å². The van der Waals surface area contributed by atoms with Crippen LogP contribution in [0.15, 0.2) is 43.2 Å². The Labute approximate surface area is 92.1 Å². The zero-order valence-corrected chi connectivity index (χ0v) is 9.28. The van der Waals surface area contributed by atoms with Gasteiger partial charge in [0.1, 0.15) is 5.75 Å². The largest absolute Gasteiger partial charge is 0.465 e. The molecule has 0 aromatic heterocycles. The highest BCUT2D eigenvalue weighted by Gasteiger charge is 1.95. The Bertz CT molecular complexity index is 326. The highest BCUT2D eigenvalue weighted by molar-refractivity contribution is 5.55. The molecule has 0 atom stereocenters. The summed E-state index contributed by atoms with van der Waals surface area (Å²) in [5, 5.41) is 0. The average Bonchev–Trinajstić information content (AvgIpc) is 2.29. The van der Waals surface area contributed by atoms with Gasteiger partial charge in [-0.05, 0) is 25.0 Å². The van der Waals surface area contributed by atoms with E-state index in [1.165, 1.54) is 12.8 Å². The van der Waals surface area contributed by atoms with Gasteiger partial charge in [-0.1, -0.05) is 44.2 Å². The predicted octanol–water partition coefficient (Wildman–Crippen LogP) is 4.41. The van der Waals surface area contributed by atoms with Crippen LogP contribution in [-0.2, 0) is 0 Å². The van der Waals surface area contributed by atoms with E-state index < -0.39 is 0 Å². The molecule has 0 saturated carbocycles. The monoisotopic (exact) mass is 202 g/mol. The average molecular weight is 202 g/mol. The van der Waals surface area contributed by atoms with E-state index in [0.717, 1.165) is 17.7 Å². The maximum absolute atomic E-state index is 5.52. The fourth-order valence-electron chi connectivity index (χ4n) is 1.27. The molecule has 1 nitrogen and oxygen atoms in total. The Kier molecular flexibility index (Phi) is 5.31. The van der Waals surface area contributed by atoms with Crippen molar-refractivity contribution in [3.8, 4) is 5.75 Å². The minimum atomic E-state index is 0.861. The third-order valence-corrected chi connectivity index (χ3v) is 2.15. The molecule has 0 N–H and O–H groups in total. The van der Waals surface area contributed by atoms with Crippen molar-refractivity contribution in [3.05, 3.63) is 48.7 Å². The van der Waals surface area contributed by atoms with Crippen molar-refractivity contribution in [1.82, 2.24) is 0 Å². The molecule has 15 heavy (non-hydrogen) atoms. The Morgan fingerprint density at radius 2 is 2.13 bits per heavy atom. The molecule has 0 aliphatic rings. The molecular weight excluding hydrogens is 184 g/mol. The number of hydrogen-bond donors (Lipinski definition) is 0. The first-order valence-electron chi connectivity index (χ1n) is 5.41. The summed E-state index contributed by atoms with van der Waals surface area (Å²) in [7, 11) is 0. The van der Waals surface area contributed by atoms with Crippen molar-refractivity contribution in [2.75, 3.05) is 0 Å². The summed E-state index contributed by atoms with van der Waals surface area (Å²) in [5.74, 6) is 0.861. The van der Waals surface area contributed by atoms with E-state index in [4.69, 9.17) is 4.74 Å². The van der Waals surface area contributed by atoms with Crippen LogP contribution in [0.1, 0.15) is 31.7 Å². The molecule has 0 aliphatic carbocycles. The highest BCUT2D eigenvalue weighted by Crippen LogP contribution is 2.18. The Morgan fingerprint density at radius 1 is 1.33 bits per heavy atom. The van der Waals surface area contributed by atoms with Crippen LogP contribution in [0.5, 0.6) is 5.75 Å². The van der Waals surface area contributed by atoms with Gasteiger partial charge in [0.25, 0.3) is 0 Å². The van der Waals surface area contributed by atoms with Crippen molar-refractivity contribution in [2.45, 2.75) is 26.2 Å². The zero-order chi connectivity index (χ0) is 10.9. The van der Waals surface area contributed by atoms with Gasteiger partial charge < -0.3 is 4.74 Å². The normalized spacial score (nSPS) is 10.5. The number of benzene rings is 1. The van der Waals surface area contributed by atoms with E-state index in [-0.39, 0.29) is 0 Å². The van der Waals surface area contributed by atoms with Crippen molar-refractivity contribution in [3.63, 3.8) is 0 Å². The second-order valence-corrected chi connectivity index (χ2v) is 3.37. The standard InChI is InChI=1S/C14H18O/c1-3-5-6-9-12-15-14-11-8-7-10-13(14)4-2/h4,7-12H,2-3,5-6H2,1H3. The smallest absolute Gasteiger partial charge is 0.133 e. The molecule has 0 aliphatic heterocycles. The molecule has 1 aromatic rings. The molecule has 0 unspecified atom stereocenters. The second-order valence-electron chi connectivity index (χ2n) is 3.37. The van der Waals surface area contributed by atoms with E-state index in [2.05, 4.69) is 19.6 Å². The second kappa shape index (κ2) is 6.88. The summed E-state index contributed by atoms with van der Waals surface area (Å²) in [6.07, 6.45) is 9.12. The lowest BCUT2D eigenvalue weighted by Crippen LogP contribution is -1.85. The Hall–Kier alpha value is -1.50. The lowest BCUT2D eigenvalue weighted by atomic mass is 10.2. The molecule has 0 fully saturated rings. The van der Waals surface area contributed by atoms with Gasteiger partial charge in [0.2, 0.25) is 0 Å². The minimum Gasteiger partial charge on any atom is -0.465 e. The van der Waals surface area contributed by atoms with Crippen molar-refractivity contribution in [2.24, 2.45) is 0 Å². The van der Waals surface area contributed by atoms with Gasteiger partial charge >= 0.3 is 0 Å². The van der Waals surface area contributed by atoms with E-state index in [1.807, 2.05) is 24.3 Å². The van der Waals surface area contributed by atoms with Crippen LogP contribution in [-0.4, -0.2) is 0 Å². The number of unbranched alkanes of at least 4 members (excludes halogenated alkanes) is 2. The highest BCUT2D eigenvalue weighted by atomic mass is 16.5. The molecule has 0 saturated heterocycles. The summed E-state index contributed by atoms with van der Waals surface area (Å²) in [6, 6.07) is 7.87. The van der Waals surface area contributed by atoms with E-state index in [9.17, 15) is 0 Å². The van der Waals surface area contributed by atoms with Gasteiger partial charge in [-0.3, -0.25) is 0 Å².